The van der Waals surface area contributed by atoms with Crippen LogP contribution in [0.25, 0.3) is 0 Å². The molecule has 3 rings (SSSR count). The van der Waals surface area contributed by atoms with Crippen molar-refractivity contribution in [2.45, 2.75) is 31.9 Å². The van der Waals surface area contributed by atoms with E-state index < -0.39 is 0 Å². The van der Waals surface area contributed by atoms with Gasteiger partial charge in [0.1, 0.15) is 11.9 Å². The van der Waals surface area contributed by atoms with Gasteiger partial charge in [0, 0.05) is 31.1 Å². The summed E-state index contributed by atoms with van der Waals surface area (Å²) in [5.41, 5.74) is 1.99. The number of benzene rings is 2. The molecule has 1 amide bonds. The van der Waals surface area contributed by atoms with Gasteiger partial charge in [-0.3, -0.25) is 4.79 Å². The minimum absolute atomic E-state index is 0.0163. The number of ether oxygens (including phenoxy) is 1. The van der Waals surface area contributed by atoms with E-state index in [1.54, 1.807) is 0 Å². The number of para-hydroxylation sites is 1. The molecule has 4 nitrogen and oxygen atoms in total. The first-order valence-electron chi connectivity index (χ1n) is 8.53. The number of carbonyl (C=O) groups is 1. The molecule has 2 atom stereocenters. The van der Waals surface area contributed by atoms with Crippen molar-refractivity contribution in [3.8, 4) is 5.75 Å². The number of amides is 1. The molecule has 2 aromatic carbocycles. The van der Waals surface area contributed by atoms with Gasteiger partial charge in [-0.2, -0.15) is 0 Å². The van der Waals surface area contributed by atoms with E-state index in [4.69, 9.17) is 4.74 Å². The molecule has 0 fully saturated rings. The highest BCUT2D eigenvalue weighted by atomic mass is 16.5. The van der Waals surface area contributed by atoms with Gasteiger partial charge >= 0.3 is 0 Å². The molecule has 0 bridgehead atoms. The Bertz CT molecular complexity index is 647. The summed E-state index contributed by atoms with van der Waals surface area (Å²) in [6, 6.07) is 17.8. The van der Waals surface area contributed by atoms with Gasteiger partial charge in [0.2, 0.25) is 0 Å². The van der Waals surface area contributed by atoms with Crippen LogP contribution >= 0.6 is 0 Å². The van der Waals surface area contributed by atoms with Crippen molar-refractivity contribution in [3.63, 3.8) is 0 Å². The summed E-state index contributed by atoms with van der Waals surface area (Å²) < 4.78 is 5.93. The number of hydrogen-bond donors (Lipinski definition) is 2. The predicted molar refractivity (Wildman–Crippen MR) is 95.4 cm³/mol. The highest BCUT2D eigenvalue weighted by Crippen LogP contribution is 2.27. The molecule has 1 heterocycles. The smallest absolute Gasteiger partial charge is 0.251 e. The predicted octanol–water partition coefficient (Wildman–Crippen LogP) is 2.79. The monoisotopic (exact) mass is 324 g/mol. The molecule has 1 aliphatic rings. The first-order valence-corrected chi connectivity index (χ1v) is 8.53. The molecule has 4 heteroatoms. The molecule has 2 N–H and O–H groups in total. The van der Waals surface area contributed by atoms with Crippen molar-refractivity contribution in [2.75, 3.05) is 13.1 Å². The van der Waals surface area contributed by atoms with Crippen molar-refractivity contribution in [2.24, 2.45) is 0 Å². The van der Waals surface area contributed by atoms with Gasteiger partial charge in [0.25, 0.3) is 5.91 Å². The Morgan fingerprint density at radius 2 is 1.92 bits per heavy atom. The minimum atomic E-state index is -0.0163. The Hall–Kier alpha value is -2.33. The molecule has 0 aromatic heterocycles. The lowest BCUT2D eigenvalue weighted by molar-refractivity contribution is 0.0952. The summed E-state index contributed by atoms with van der Waals surface area (Å²) >= 11 is 0. The maximum atomic E-state index is 12.0. The van der Waals surface area contributed by atoms with Crippen LogP contribution in [0.3, 0.4) is 0 Å². The minimum Gasteiger partial charge on any atom is -0.488 e. The van der Waals surface area contributed by atoms with E-state index >= 15 is 0 Å². The fraction of sp³-hybridized carbons (Fsp3) is 0.350. The van der Waals surface area contributed by atoms with Gasteiger partial charge in [0.15, 0.2) is 0 Å². The second kappa shape index (κ2) is 7.97. The fourth-order valence-electron chi connectivity index (χ4n) is 2.90. The fourth-order valence-corrected chi connectivity index (χ4v) is 2.90. The van der Waals surface area contributed by atoms with Gasteiger partial charge < -0.3 is 15.4 Å². The number of rotatable bonds is 7. The van der Waals surface area contributed by atoms with E-state index in [1.165, 1.54) is 5.56 Å². The highest BCUT2D eigenvalue weighted by molar-refractivity contribution is 5.94. The Morgan fingerprint density at radius 1 is 1.17 bits per heavy atom. The first kappa shape index (κ1) is 16.5. The molecule has 0 saturated carbocycles. The second-order valence-corrected chi connectivity index (χ2v) is 6.27. The van der Waals surface area contributed by atoms with Crippen LogP contribution in [0.4, 0.5) is 0 Å². The summed E-state index contributed by atoms with van der Waals surface area (Å²) in [6.07, 6.45) is 2.04. The van der Waals surface area contributed by atoms with E-state index in [0.717, 1.165) is 25.1 Å². The van der Waals surface area contributed by atoms with Gasteiger partial charge in [-0.1, -0.05) is 36.4 Å². The number of fused-ring (bicyclic) bond motifs is 1. The molecule has 0 saturated heterocycles. The summed E-state index contributed by atoms with van der Waals surface area (Å²) in [5, 5.41) is 6.46. The number of carbonyl (C=O) groups excluding carboxylic acids is 1. The molecule has 1 aliphatic heterocycles. The Labute approximate surface area is 143 Å². The van der Waals surface area contributed by atoms with Crippen molar-refractivity contribution in [1.29, 1.82) is 0 Å². The molecule has 0 spiro atoms. The van der Waals surface area contributed by atoms with Crippen molar-refractivity contribution in [3.05, 3.63) is 65.7 Å². The summed E-state index contributed by atoms with van der Waals surface area (Å²) in [4.78, 5) is 12.0. The van der Waals surface area contributed by atoms with Crippen LogP contribution in [0.1, 0.15) is 29.3 Å². The summed E-state index contributed by atoms with van der Waals surface area (Å²) in [5.74, 6) is 0.990. The largest absolute Gasteiger partial charge is 0.488 e. The van der Waals surface area contributed by atoms with Crippen LogP contribution in [-0.4, -0.2) is 31.1 Å². The standard InChI is InChI=1S/C20H24N2O2/c1-15(11-12-21-20(23)16-7-3-2-4-8-16)22-14-18-13-17-9-5-6-10-19(17)24-18/h2-10,15,18,22H,11-14H2,1H3,(H,21,23). The third kappa shape index (κ3) is 4.36. The van der Waals surface area contributed by atoms with Crippen LogP contribution < -0.4 is 15.4 Å². The maximum Gasteiger partial charge on any atom is 0.251 e. The third-order valence-corrected chi connectivity index (χ3v) is 4.31. The lowest BCUT2D eigenvalue weighted by Gasteiger charge is -2.17. The van der Waals surface area contributed by atoms with Crippen LogP contribution in [-0.2, 0) is 6.42 Å². The molecule has 0 aliphatic carbocycles. The zero-order chi connectivity index (χ0) is 16.8. The average molecular weight is 324 g/mol. The maximum absolute atomic E-state index is 12.0. The third-order valence-electron chi connectivity index (χ3n) is 4.31. The number of nitrogens with one attached hydrogen (secondary N) is 2. The van der Waals surface area contributed by atoms with Crippen LogP contribution in [0.2, 0.25) is 0 Å². The van der Waals surface area contributed by atoms with Crippen molar-refractivity contribution in [1.82, 2.24) is 10.6 Å². The molecular weight excluding hydrogens is 300 g/mol. The lowest BCUT2D eigenvalue weighted by Crippen LogP contribution is -2.38. The van der Waals surface area contributed by atoms with E-state index in [1.807, 2.05) is 42.5 Å². The van der Waals surface area contributed by atoms with E-state index in [-0.39, 0.29) is 12.0 Å². The molecule has 126 valence electrons. The number of hydrogen-bond acceptors (Lipinski definition) is 3. The SMILES string of the molecule is CC(CCNC(=O)c1ccccc1)NCC1Cc2ccccc2O1. The summed E-state index contributed by atoms with van der Waals surface area (Å²) in [6.45, 7) is 3.62. The van der Waals surface area contributed by atoms with Gasteiger partial charge in [0.05, 0.1) is 0 Å². The molecule has 24 heavy (non-hydrogen) atoms. The van der Waals surface area contributed by atoms with Crippen LogP contribution in [0, 0.1) is 0 Å². The van der Waals surface area contributed by atoms with Crippen LogP contribution in [0.5, 0.6) is 5.75 Å². The van der Waals surface area contributed by atoms with Crippen molar-refractivity contribution < 1.29 is 9.53 Å². The molecule has 2 unspecified atom stereocenters. The first-order chi connectivity index (χ1) is 11.7. The molecule has 2 aromatic rings. The van der Waals surface area contributed by atoms with Gasteiger partial charge in [-0.25, -0.2) is 0 Å². The van der Waals surface area contributed by atoms with E-state index in [2.05, 4.69) is 29.7 Å². The van der Waals surface area contributed by atoms with E-state index in [9.17, 15) is 4.79 Å². The quantitative estimate of drug-likeness (QED) is 0.823. The van der Waals surface area contributed by atoms with Crippen molar-refractivity contribution >= 4 is 5.91 Å². The Balaban J connectivity index is 1.34. The molecular formula is C20H24N2O2. The second-order valence-electron chi connectivity index (χ2n) is 6.27. The lowest BCUT2D eigenvalue weighted by atomic mass is 10.1. The van der Waals surface area contributed by atoms with Gasteiger partial charge in [-0.15, -0.1) is 0 Å². The highest BCUT2D eigenvalue weighted by Gasteiger charge is 2.22. The Morgan fingerprint density at radius 3 is 2.71 bits per heavy atom. The van der Waals surface area contributed by atoms with E-state index in [0.29, 0.717) is 18.2 Å². The summed E-state index contributed by atoms with van der Waals surface area (Å²) in [7, 11) is 0. The zero-order valence-corrected chi connectivity index (χ0v) is 14.0. The average Bonchev–Trinajstić information content (AvgIpc) is 3.03. The zero-order valence-electron chi connectivity index (χ0n) is 14.0. The van der Waals surface area contributed by atoms with Crippen LogP contribution in [0.15, 0.2) is 54.6 Å². The normalized spacial score (nSPS) is 17.0. The molecule has 0 radical (unpaired) electrons. The van der Waals surface area contributed by atoms with Gasteiger partial charge in [-0.05, 0) is 37.1 Å². The Kier molecular flexibility index (Phi) is 5.49. The topological polar surface area (TPSA) is 50.4 Å².